The molecule has 18 heavy (non-hydrogen) atoms. The van der Waals surface area contributed by atoms with E-state index in [0.29, 0.717) is 11.4 Å². The van der Waals surface area contributed by atoms with Gasteiger partial charge in [0.05, 0.1) is 17.4 Å². The number of nitrogen functional groups attached to an aromatic ring is 2. The third kappa shape index (κ3) is 1.66. The molecule has 88 valence electrons. The summed E-state index contributed by atoms with van der Waals surface area (Å²) in [5.74, 6) is 0. The Labute approximate surface area is 105 Å². The van der Waals surface area contributed by atoms with Gasteiger partial charge < -0.3 is 11.5 Å². The molecule has 0 fully saturated rings. The van der Waals surface area contributed by atoms with Crippen molar-refractivity contribution in [3.8, 4) is 11.1 Å². The fraction of sp³-hybridized carbons (Fsp3) is 0. The molecule has 4 N–H and O–H groups in total. The van der Waals surface area contributed by atoms with Gasteiger partial charge in [0.2, 0.25) is 0 Å². The standard InChI is InChI=1S/C15H13N3/c16-11-6-7-14-12(8-11)15(13(17)9-18-14)10-4-2-1-3-5-10/h1-9H,16-17H2. The van der Waals surface area contributed by atoms with Gasteiger partial charge in [-0.3, -0.25) is 4.98 Å². The quantitative estimate of drug-likeness (QED) is 0.637. The van der Waals surface area contributed by atoms with Crippen LogP contribution in [0.2, 0.25) is 0 Å². The molecule has 0 atom stereocenters. The highest BCUT2D eigenvalue weighted by atomic mass is 14.7. The molecule has 0 saturated carbocycles. The van der Waals surface area contributed by atoms with Crippen molar-refractivity contribution in [2.45, 2.75) is 0 Å². The molecular formula is C15H13N3. The smallest absolute Gasteiger partial charge is 0.0711 e. The van der Waals surface area contributed by atoms with Gasteiger partial charge in [-0.2, -0.15) is 0 Å². The molecule has 0 bridgehead atoms. The van der Waals surface area contributed by atoms with Crippen LogP contribution in [0.25, 0.3) is 22.0 Å². The molecule has 0 unspecified atom stereocenters. The number of aromatic nitrogens is 1. The lowest BCUT2D eigenvalue weighted by Gasteiger charge is -2.10. The fourth-order valence-corrected chi connectivity index (χ4v) is 2.15. The van der Waals surface area contributed by atoms with Gasteiger partial charge in [-0.05, 0) is 23.8 Å². The Morgan fingerprint density at radius 2 is 1.67 bits per heavy atom. The number of hydrogen-bond acceptors (Lipinski definition) is 3. The Kier molecular flexibility index (Phi) is 2.38. The highest BCUT2D eigenvalue weighted by molar-refractivity contribution is 6.01. The molecule has 0 aliphatic carbocycles. The molecule has 0 spiro atoms. The minimum absolute atomic E-state index is 0.666. The van der Waals surface area contributed by atoms with Crippen molar-refractivity contribution in [2.75, 3.05) is 11.5 Å². The van der Waals surface area contributed by atoms with Crippen LogP contribution in [0.1, 0.15) is 0 Å². The van der Waals surface area contributed by atoms with Gasteiger partial charge in [0.25, 0.3) is 0 Å². The summed E-state index contributed by atoms with van der Waals surface area (Å²) < 4.78 is 0. The maximum absolute atomic E-state index is 6.07. The van der Waals surface area contributed by atoms with Gasteiger partial charge in [0, 0.05) is 16.6 Å². The predicted octanol–water partition coefficient (Wildman–Crippen LogP) is 3.07. The molecule has 0 aliphatic rings. The van der Waals surface area contributed by atoms with E-state index in [0.717, 1.165) is 22.0 Å². The van der Waals surface area contributed by atoms with E-state index in [4.69, 9.17) is 11.5 Å². The number of nitrogens with zero attached hydrogens (tertiary/aromatic N) is 1. The second-order valence-corrected chi connectivity index (χ2v) is 4.23. The number of fused-ring (bicyclic) bond motifs is 1. The third-order valence-corrected chi connectivity index (χ3v) is 2.98. The molecule has 3 aromatic rings. The number of benzene rings is 2. The van der Waals surface area contributed by atoms with Gasteiger partial charge in [-0.1, -0.05) is 30.3 Å². The summed E-state index contributed by atoms with van der Waals surface area (Å²) in [6, 6.07) is 15.7. The molecular weight excluding hydrogens is 222 g/mol. The summed E-state index contributed by atoms with van der Waals surface area (Å²) in [6.07, 6.45) is 1.70. The molecule has 0 aliphatic heterocycles. The molecule has 0 radical (unpaired) electrons. The zero-order valence-corrected chi connectivity index (χ0v) is 9.80. The summed E-state index contributed by atoms with van der Waals surface area (Å²) in [6.45, 7) is 0. The number of rotatable bonds is 1. The highest BCUT2D eigenvalue weighted by Gasteiger charge is 2.08. The fourth-order valence-electron chi connectivity index (χ4n) is 2.15. The monoisotopic (exact) mass is 235 g/mol. The minimum Gasteiger partial charge on any atom is -0.399 e. The highest BCUT2D eigenvalue weighted by Crippen LogP contribution is 2.33. The van der Waals surface area contributed by atoms with E-state index >= 15 is 0 Å². The van der Waals surface area contributed by atoms with E-state index in [1.165, 1.54) is 0 Å². The third-order valence-electron chi connectivity index (χ3n) is 2.98. The van der Waals surface area contributed by atoms with Gasteiger partial charge in [0.1, 0.15) is 0 Å². The SMILES string of the molecule is Nc1ccc2ncc(N)c(-c3ccccc3)c2c1. The van der Waals surface area contributed by atoms with Gasteiger partial charge in [-0.25, -0.2) is 0 Å². The van der Waals surface area contributed by atoms with E-state index in [-0.39, 0.29) is 0 Å². The van der Waals surface area contributed by atoms with E-state index in [2.05, 4.69) is 4.98 Å². The van der Waals surface area contributed by atoms with Gasteiger partial charge in [0.15, 0.2) is 0 Å². The van der Waals surface area contributed by atoms with E-state index < -0.39 is 0 Å². The van der Waals surface area contributed by atoms with Crippen LogP contribution in [-0.2, 0) is 0 Å². The van der Waals surface area contributed by atoms with Crippen molar-refractivity contribution in [3.05, 3.63) is 54.7 Å². The van der Waals surface area contributed by atoms with Crippen LogP contribution >= 0.6 is 0 Å². The van der Waals surface area contributed by atoms with Crippen molar-refractivity contribution < 1.29 is 0 Å². The number of hydrogen-bond donors (Lipinski definition) is 2. The number of pyridine rings is 1. The van der Waals surface area contributed by atoms with Crippen molar-refractivity contribution >= 4 is 22.3 Å². The summed E-state index contributed by atoms with van der Waals surface area (Å²) in [4.78, 5) is 4.33. The first-order chi connectivity index (χ1) is 8.75. The lowest BCUT2D eigenvalue weighted by Crippen LogP contribution is -1.94. The maximum atomic E-state index is 6.07. The van der Waals surface area contributed by atoms with Crippen molar-refractivity contribution in [3.63, 3.8) is 0 Å². The zero-order chi connectivity index (χ0) is 12.5. The summed E-state index contributed by atoms with van der Waals surface area (Å²) in [7, 11) is 0. The maximum Gasteiger partial charge on any atom is 0.0711 e. The van der Waals surface area contributed by atoms with E-state index in [1.807, 2.05) is 48.5 Å². The lowest BCUT2D eigenvalue weighted by atomic mass is 9.99. The molecule has 3 heteroatoms. The molecule has 3 nitrogen and oxygen atoms in total. The average molecular weight is 235 g/mol. The van der Waals surface area contributed by atoms with Crippen LogP contribution in [0.5, 0.6) is 0 Å². The average Bonchev–Trinajstić information content (AvgIpc) is 2.39. The molecule has 1 aromatic heterocycles. The summed E-state index contributed by atoms with van der Waals surface area (Å²) in [5.41, 5.74) is 16.3. The van der Waals surface area contributed by atoms with E-state index in [9.17, 15) is 0 Å². The van der Waals surface area contributed by atoms with Crippen LogP contribution in [-0.4, -0.2) is 4.98 Å². The molecule has 3 rings (SSSR count). The molecule has 1 heterocycles. The Bertz CT molecular complexity index is 700. The predicted molar refractivity (Wildman–Crippen MR) is 76.0 cm³/mol. The van der Waals surface area contributed by atoms with Crippen molar-refractivity contribution in [1.29, 1.82) is 0 Å². The Morgan fingerprint density at radius 3 is 2.44 bits per heavy atom. The van der Waals surface area contributed by atoms with Crippen LogP contribution in [0.4, 0.5) is 11.4 Å². The van der Waals surface area contributed by atoms with Gasteiger partial charge in [-0.15, -0.1) is 0 Å². The zero-order valence-electron chi connectivity index (χ0n) is 9.80. The lowest BCUT2D eigenvalue weighted by molar-refractivity contribution is 1.41. The second kappa shape index (κ2) is 4.04. The van der Waals surface area contributed by atoms with Crippen LogP contribution in [0.15, 0.2) is 54.7 Å². The first-order valence-corrected chi connectivity index (χ1v) is 5.75. The van der Waals surface area contributed by atoms with Crippen LogP contribution < -0.4 is 11.5 Å². The Morgan fingerprint density at radius 1 is 0.889 bits per heavy atom. The second-order valence-electron chi connectivity index (χ2n) is 4.23. The summed E-state index contributed by atoms with van der Waals surface area (Å²) in [5, 5.41) is 0.987. The molecule has 2 aromatic carbocycles. The van der Waals surface area contributed by atoms with Crippen molar-refractivity contribution in [1.82, 2.24) is 4.98 Å². The van der Waals surface area contributed by atoms with Crippen LogP contribution in [0.3, 0.4) is 0 Å². The van der Waals surface area contributed by atoms with Crippen molar-refractivity contribution in [2.24, 2.45) is 0 Å². The Balaban J connectivity index is 2.40. The number of anilines is 2. The number of nitrogens with two attached hydrogens (primary N) is 2. The first-order valence-electron chi connectivity index (χ1n) is 5.75. The van der Waals surface area contributed by atoms with Crippen LogP contribution in [0, 0.1) is 0 Å². The van der Waals surface area contributed by atoms with E-state index in [1.54, 1.807) is 6.20 Å². The molecule has 0 amide bonds. The topological polar surface area (TPSA) is 64.9 Å². The molecule has 0 saturated heterocycles. The van der Waals surface area contributed by atoms with Gasteiger partial charge >= 0.3 is 0 Å². The minimum atomic E-state index is 0.666. The normalized spacial score (nSPS) is 10.7. The summed E-state index contributed by atoms with van der Waals surface area (Å²) >= 11 is 0. The Hall–Kier alpha value is -2.55. The first kappa shape index (κ1) is 10.6. The largest absolute Gasteiger partial charge is 0.399 e.